The number of aliphatic carboxylic acids is 1. The first-order valence-electron chi connectivity index (χ1n) is 8.09. The zero-order valence-corrected chi connectivity index (χ0v) is 14.8. The molecule has 0 radical (unpaired) electrons. The molecule has 1 amide bonds. The average molecular weight is 364 g/mol. The van der Waals surface area contributed by atoms with Crippen LogP contribution in [-0.4, -0.2) is 51.5 Å². The van der Waals surface area contributed by atoms with Crippen molar-refractivity contribution in [2.75, 3.05) is 13.7 Å². The van der Waals surface area contributed by atoms with Gasteiger partial charge in [0.1, 0.15) is 17.7 Å². The minimum atomic E-state index is -1.18. The SMILES string of the molecule is COCCC(NC(=O)c1nc(C(C)C)n(-c2cccc(F)c2)n1)C(=O)O. The molecule has 1 heterocycles. The number of hydrogen-bond donors (Lipinski definition) is 2. The predicted molar refractivity (Wildman–Crippen MR) is 90.8 cm³/mol. The van der Waals surface area contributed by atoms with Crippen LogP contribution in [0, 0.1) is 5.82 Å². The second-order valence-corrected chi connectivity index (χ2v) is 5.99. The highest BCUT2D eigenvalue weighted by Gasteiger charge is 2.25. The Morgan fingerprint density at radius 1 is 1.38 bits per heavy atom. The van der Waals surface area contributed by atoms with Crippen molar-refractivity contribution in [2.24, 2.45) is 0 Å². The Kier molecular flexibility index (Phi) is 6.40. The van der Waals surface area contributed by atoms with Crippen LogP contribution in [-0.2, 0) is 9.53 Å². The molecule has 1 atom stereocenters. The second kappa shape index (κ2) is 8.52. The number of hydrogen-bond acceptors (Lipinski definition) is 5. The highest BCUT2D eigenvalue weighted by molar-refractivity contribution is 5.93. The highest BCUT2D eigenvalue weighted by Crippen LogP contribution is 2.18. The maximum atomic E-state index is 13.5. The third-order valence-electron chi connectivity index (χ3n) is 3.62. The Morgan fingerprint density at radius 3 is 2.69 bits per heavy atom. The fourth-order valence-electron chi connectivity index (χ4n) is 2.31. The molecule has 140 valence electrons. The van der Waals surface area contributed by atoms with Gasteiger partial charge in [0.15, 0.2) is 0 Å². The molecule has 9 heteroatoms. The van der Waals surface area contributed by atoms with E-state index < -0.39 is 23.7 Å². The Labute approximate surface area is 150 Å². The van der Waals surface area contributed by atoms with Gasteiger partial charge in [0, 0.05) is 26.1 Å². The number of amides is 1. The number of nitrogens with zero attached hydrogens (tertiary/aromatic N) is 3. The number of aromatic nitrogens is 3. The molecule has 0 spiro atoms. The third kappa shape index (κ3) is 4.63. The van der Waals surface area contributed by atoms with Crippen molar-refractivity contribution in [3.63, 3.8) is 0 Å². The van der Waals surface area contributed by atoms with E-state index in [1.807, 2.05) is 13.8 Å². The predicted octanol–water partition coefficient (Wildman–Crippen LogP) is 1.75. The largest absolute Gasteiger partial charge is 0.480 e. The molecule has 8 nitrogen and oxygen atoms in total. The molecule has 2 rings (SSSR count). The number of carboxylic acids is 1. The maximum Gasteiger partial charge on any atom is 0.326 e. The summed E-state index contributed by atoms with van der Waals surface area (Å²) in [6.07, 6.45) is 0.110. The van der Waals surface area contributed by atoms with Gasteiger partial charge in [0.05, 0.1) is 5.69 Å². The molecule has 1 aromatic heterocycles. The van der Waals surface area contributed by atoms with Crippen LogP contribution >= 0.6 is 0 Å². The number of carbonyl (C=O) groups excluding carboxylic acids is 1. The summed E-state index contributed by atoms with van der Waals surface area (Å²) >= 11 is 0. The van der Waals surface area contributed by atoms with Crippen molar-refractivity contribution in [2.45, 2.75) is 32.2 Å². The Morgan fingerprint density at radius 2 is 2.12 bits per heavy atom. The van der Waals surface area contributed by atoms with E-state index in [0.717, 1.165) is 0 Å². The Bertz CT molecular complexity index is 791. The normalized spacial score (nSPS) is 12.2. The molecule has 2 N–H and O–H groups in total. The van der Waals surface area contributed by atoms with E-state index >= 15 is 0 Å². The van der Waals surface area contributed by atoms with Gasteiger partial charge in [-0.1, -0.05) is 19.9 Å². The van der Waals surface area contributed by atoms with Gasteiger partial charge in [-0.05, 0) is 18.2 Å². The lowest BCUT2D eigenvalue weighted by Gasteiger charge is -2.12. The van der Waals surface area contributed by atoms with Gasteiger partial charge in [-0.15, -0.1) is 5.10 Å². The summed E-state index contributed by atoms with van der Waals surface area (Å²) in [7, 11) is 1.44. The van der Waals surface area contributed by atoms with Crippen LogP contribution in [0.5, 0.6) is 0 Å². The lowest BCUT2D eigenvalue weighted by atomic mass is 10.2. The molecular weight excluding hydrogens is 343 g/mol. The van der Waals surface area contributed by atoms with E-state index in [1.54, 1.807) is 6.07 Å². The summed E-state index contributed by atoms with van der Waals surface area (Å²) in [6, 6.07) is 4.63. The van der Waals surface area contributed by atoms with Gasteiger partial charge in [-0.2, -0.15) is 0 Å². The fraction of sp³-hybridized carbons (Fsp3) is 0.412. The molecule has 0 bridgehead atoms. The summed E-state index contributed by atoms with van der Waals surface area (Å²) < 4.78 is 19.7. The monoisotopic (exact) mass is 364 g/mol. The fourth-order valence-corrected chi connectivity index (χ4v) is 2.31. The number of halogens is 1. The van der Waals surface area contributed by atoms with Crippen molar-refractivity contribution in [1.29, 1.82) is 0 Å². The van der Waals surface area contributed by atoms with Crippen molar-refractivity contribution in [3.8, 4) is 5.69 Å². The summed E-state index contributed by atoms with van der Waals surface area (Å²) in [4.78, 5) is 27.8. The maximum absolute atomic E-state index is 13.5. The molecule has 0 aliphatic carbocycles. The van der Waals surface area contributed by atoms with Crippen molar-refractivity contribution in [1.82, 2.24) is 20.1 Å². The summed E-state index contributed by atoms with van der Waals surface area (Å²) in [5, 5.41) is 15.7. The van der Waals surface area contributed by atoms with E-state index in [-0.39, 0.29) is 24.8 Å². The highest BCUT2D eigenvalue weighted by atomic mass is 19.1. The first-order chi connectivity index (χ1) is 12.3. The molecular formula is C17H21FN4O4. The molecule has 0 saturated heterocycles. The zero-order valence-electron chi connectivity index (χ0n) is 14.8. The standard InChI is InChI=1S/C17H21FN4O4/c1-10(2)15-20-14(16(23)19-13(17(24)25)7-8-26-3)21-22(15)12-6-4-5-11(18)9-12/h4-6,9-10,13H,7-8H2,1-3H3,(H,19,23)(H,24,25). The Hall–Kier alpha value is -2.81. The van der Waals surface area contributed by atoms with Crippen LogP contribution in [0.25, 0.3) is 5.69 Å². The molecule has 26 heavy (non-hydrogen) atoms. The average Bonchev–Trinajstić information content (AvgIpc) is 3.04. The second-order valence-electron chi connectivity index (χ2n) is 5.99. The van der Waals surface area contributed by atoms with Gasteiger partial charge < -0.3 is 15.2 Å². The summed E-state index contributed by atoms with van der Waals surface area (Å²) in [5.41, 5.74) is 0.425. The summed E-state index contributed by atoms with van der Waals surface area (Å²) in [6.45, 7) is 3.90. The number of rotatable bonds is 8. The van der Waals surface area contributed by atoms with Gasteiger partial charge in [0.2, 0.25) is 5.82 Å². The molecule has 0 saturated carbocycles. The van der Waals surface area contributed by atoms with E-state index in [1.165, 1.54) is 30.0 Å². The van der Waals surface area contributed by atoms with Crippen LogP contribution in [0.4, 0.5) is 4.39 Å². The number of benzene rings is 1. The van der Waals surface area contributed by atoms with Crippen LogP contribution in [0.2, 0.25) is 0 Å². The minimum absolute atomic E-state index is 0.0870. The number of nitrogens with one attached hydrogen (secondary N) is 1. The van der Waals surface area contributed by atoms with E-state index in [2.05, 4.69) is 15.4 Å². The quantitative estimate of drug-likeness (QED) is 0.739. The van der Waals surface area contributed by atoms with Gasteiger partial charge in [-0.25, -0.2) is 18.9 Å². The van der Waals surface area contributed by atoms with Crippen molar-refractivity contribution < 1.29 is 23.8 Å². The summed E-state index contributed by atoms with van der Waals surface area (Å²) in [5.74, 6) is -2.14. The molecule has 0 fully saturated rings. The minimum Gasteiger partial charge on any atom is -0.480 e. The zero-order chi connectivity index (χ0) is 19.3. The first-order valence-corrected chi connectivity index (χ1v) is 8.09. The molecule has 0 aliphatic heterocycles. The molecule has 1 unspecified atom stereocenters. The Balaban J connectivity index is 2.31. The van der Waals surface area contributed by atoms with Crippen LogP contribution < -0.4 is 5.32 Å². The third-order valence-corrected chi connectivity index (χ3v) is 3.62. The molecule has 1 aromatic carbocycles. The van der Waals surface area contributed by atoms with Crippen LogP contribution in [0.1, 0.15) is 42.6 Å². The topological polar surface area (TPSA) is 106 Å². The van der Waals surface area contributed by atoms with Gasteiger partial charge >= 0.3 is 5.97 Å². The van der Waals surface area contributed by atoms with E-state index in [0.29, 0.717) is 11.5 Å². The number of carboxylic acid groups (broad SMARTS) is 1. The van der Waals surface area contributed by atoms with Crippen molar-refractivity contribution >= 4 is 11.9 Å². The number of methoxy groups -OCH3 is 1. The first kappa shape index (κ1) is 19.5. The number of ether oxygens (including phenoxy) is 1. The van der Waals surface area contributed by atoms with E-state index in [9.17, 15) is 19.1 Å². The van der Waals surface area contributed by atoms with E-state index in [4.69, 9.17) is 4.74 Å². The van der Waals surface area contributed by atoms with Gasteiger partial charge in [-0.3, -0.25) is 4.79 Å². The van der Waals surface area contributed by atoms with Crippen LogP contribution in [0.3, 0.4) is 0 Å². The number of carbonyl (C=O) groups is 2. The molecule has 2 aromatic rings. The lowest BCUT2D eigenvalue weighted by molar-refractivity contribution is -0.139. The molecule has 0 aliphatic rings. The van der Waals surface area contributed by atoms with Crippen LogP contribution in [0.15, 0.2) is 24.3 Å². The van der Waals surface area contributed by atoms with Gasteiger partial charge in [0.25, 0.3) is 5.91 Å². The van der Waals surface area contributed by atoms with Crippen molar-refractivity contribution in [3.05, 3.63) is 41.7 Å². The smallest absolute Gasteiger partial charge is 0.326 e. The lowest BCUT2D eigenvalue weighted by Crippen LogP contribution is -2.42.